The molecule has 6 rings (SSSR count). The molecular formula is C20H30N2O. The van der Waals surface area contributed by atoms with Crippen LogP contribution in [0.5, 0.6) is 0 Å². The molecule has 3 heteroatoms. The van der Waals surface area contributed by atoms with Gasteiger partial charge in [-0.2, -0.15) is 5.01 Å². The van der Waals surface area contributed by atoms with E-state index in [0.717, 1.165) is 23.7 Å². The molecule has 1 saturated heterocycles. The highest BCUT2D eigenvalue weighted by Crippen LogP contribution is 2.57. The van der Waals surface area contributed by atoms with E-state index < -0.39 is 0 Å². The number of rotatable bonds is 2. The smallest absolute Gasteiger partial charge is 0.258 e. The second kappa shape index (κ2) is 4.84. The second-order valence-electron chi connectivity index (χ2n) is 9.40. The van der Waals surface area contributed by atoms with Crippen molar-refractivity contribution in [2.75, 3.05) is 0 Å². The summed E-state index contributed by atoms with van der Waals surface area (Å²) in [4.78, 5) is 13.0. The van der Waals surface area contributed by atoms with Gasteiger partial charge >= 0.3 is 0 Å². The maximum atomic E-state index is 13.0. The molecule has 0 aromatic carbocycles. The van der Waals surface area contributed by atoms with E-state index in [2.05, 4.69) is 36.0 Å². The number of hydrazine groups is 1. The van der Waals surface area contributed by atoms with Crippen LogP contribution in [0.15, 0.2) is 12.2 Å². The Morgan fingerprint density at radius 3 is 2.26 bits per heavy atom. The minimum Gasteiger partial charge on any atom is -0.271 e. The normalized spacial score (nSPS) is 47.9. The van der Waals surface area contributed by atoms with Gasteiger partial charge in [0.2, 0.25) is 0 Å². The molecule has 1 aliphatic heterocycles. The highest BCUT2D eigenvalue weighted by molar-refractivity contribution is 5.90. The molecule has 126 valence electrons. The van der Waals surface area contributed by atoms with Crippen molar-refractivity contribution in [1.29, 1.82) is 0 Å². The Bertz CT molecular complexity index is 524. The third-order valence-electron chi connectivity index (χ3n) is 7.54. The van der Waals surface area contributed by atoms with Crippen LogP contribution in [0.25, 0.3) is 0 Å². The predicted octanol–water partition coefficient (Wildman–Crippen LogP) is 3.76. The standard InChI is InChI=1S/C20H30N2O/c1-20(2)19(23)21(22(20)17-6-4-3-5-7-17)18-15-9-13-8-14(11-15)12-16(18)10-13/h4,6,13-18H,3,5,7-12H2,1-2H3. The molecule has 1 amide bonds. The number of amides is 1. The molecule has 4 saturated carbocycles. The topological polar surface area (TPSA) is 23.6 Å². The van der Waals surface area contributed by atoms with Crippen molar-refractivity contribution in [1.82, 2.24) is 10.0 Å². The Balaban J connectivity index is 1.45. The summed E-state index contributed by atoms with van der Waals surface area (Å²) in [7, 11) is 0. The number of allylic oxidation sites excluding steroid dienone is 1. The summed E-state index contributed by atoms with van der Waals surface area (Å²) in [6.45, 7) is 4.26. The van der Waals surface area contributed by atoms with Crippen LogP contribution in [0.4, 0.5) is 0 Å². The third-order valence-corrected chi connectivity index (χ3v) is 7.54. The van der Waals surface area contributed by atoms with E-state index in [4.69, 9.17) is 0 Å². The van der Waals surface area contributed by atoms with Crippen LogP contribution in [0, 0.1) is 23.7 Å². The minimum atomic E-state index is -0.305. The summed E-state index contributed by atoms with van der Waals surface area (Å²) in [5.74, 6) is 3.89. The van der Waals surface area contributed by atoms with Crippen LogP contribution >= 0.6 is 0 Å². The van der Waals surface area contributed by atoms with E-state index in [1.807, 2.05) is 0 Å². The zero-order chi connectivity index (χ0) is 15.8. The first-order valence-electron chi connectivity index (χ1n) is 9.85. The second-order valence-corrected chi connectivity index (χ2v) is 9.40. The highest BCUT2D eigenvalue weighted by Gasteiger charge is 2.62. The van der Waals surface area contributed by atoms with Gasteiger partial charge in [0, 0.05) is 6.04 Å². The first-order chi connectivity index (χ1) is 11.1. The Labute approximate surface area is 140 Å². The third kappa shape index (κ3) is 1.95. The van der Waals surface area contributed by atoms with Crippen molar-refractivity contribution in [3.63, 3.8) is 0 Å². The van der Waals surface area contributed by atoms with Crippen molar-refractivity contribution in [3.8, 4) is 0 Å². The van der Waals surface area contributed by atoms with E-state index in [-0.39, 0.29) is 5.54 Å². The number of nitrogens with zero attached hydrogens (tertiary/aromatic N) is 2. The lowest BCUT2D eigenvalue weighted by molar-refractivity contribution is -0.256. The Hall–Kier alpha value is -0.830. The van der Waals surface area contributed by atoms with Gasteiger partial charge in [-0.15, -0.1) is 0 Å². The van der Waals surface area contributed by atoms with Crippen molar-refractivity contribution < 1.29 is 4.79 Å². The molecule has 5 fully saturated rings. The summed E-state index contributed by atoms with van der Waals surface area (Å²) in [6.07, 6.45) is 15.4. The van der Waals surface area contributed by atoms with E-state index in [9.17, 15) is 4.79 Å². The minimum absolute atomic E-state index is 0.305. The lowest BCUT2D eigenvalue weighted by atomic mass is 9.53. The van der Waals surface area contributed by atoms with Gasteiger partial charge in [-0.25, -0.2) is 0 Å². The van der Waals surface area contributed by atoms with Gasteiger partial charge in [-0.05, 0) is 88.9 Å². The van der Waals surface area contributed by atoms with Crippen molar-refractivity contribution >= 4 is 5.91 Å². The van der Waals surface area contributed by atoms with Crippen LogP contribution in [0.1, 0.15) is 65.2 Å². The lowest BCUT2D eigenvalue weighted by Crippen LogP contribution is -2.81. The van der Waals surface area contributed by atoms with Crippen LogP contribution in [0.3, 0.4) is 0 Å². The zero-order valence-corrected chi connectivity index (χ0v) is 14.6. The van der Waals surface area contributed by atoms with Gasteiger partial charge in [0.1, 0.15) is 5.54 Å². The molecule has 1 heterocycles. The fraction of sp³-hybridized carbons (Fsp3) is 0.850. The Morgan fingerprint density at radius 2 is 1.70 bits per heavy atom. The average molecular weight is 314 g/mol. The molecule has 0 aromatic heterocycles. The maximum absolute atomic E-state index is 13.0. The van der Waals surface area contributed by atoms with Crippen molar-refractivity contribution in [3.05, 3.63) is 12.2 Å². The summed E-state index contributed by atoms with van der Waals surface area (Å²) in [6, 6.07) is 0.951. The fourth-order valence-corrected chi connectivity index (χ4v) is 6.85. The molecule has 5 aliphatic carbocycles. The summed E-state index contributed by atoms with van der Waals surface area (Å²) in [5.41, 5.74) is -0.305. The van der Waals surface area contributed by atoms with Gasteiger partial charge in [0.25, 0.3) is 5.91 Å². The monoisotopic (exact) mass is 314 g/mol. The van der Waals surface area contributed by atoms with Gasteiger partial charge < -0.3 is 0 Å². The molecular weight excluding hydrogens is 284 g/mol. The van der Waals surface area contributed by atoms with E-state index in [0.29, 0.717) is 18.0 Å². The maximum Gasteiger partial charge on any atom is 0.258 e. The summed E-state index contributed by atoms with van der Waals surface area (Å²) >= 11 is 0. The zero-order valence-electron chi connectivity index (χ0n) is 14.6. The number of hydrogen-bond donors (Lipinski definition) is 0. The van der Waals surface area contributed by atoms with E-state index in [1.165, 1.54) is 51.4 Å². The van der Waals surface area contributed by atoms with Crippen LogP contribution < -0.4 is 0 Å². The fourth-order valence-electron chi connectivity index (χ4n) is 6.85. The molecule has 3 nitrogen and oxygen atoms in total. The molecule has 1 atom stereocenters. The Kier molecular flexibility index (Phi) is 3.05. The number of carbonyl (C=O) groups excluding carboxylic acids is 1. The van der Waals surface area contributed by atoms with Crippen molar-refractivity contribution in [2.24, 2.45) is 23.7 Å². The van der Waals surface area contributed by atoms with Gasteiger partial charge in [0.05, 0.1) is 6.04 Å². The molecule has 0 N–H and O–H groups in total. The number of carbonyl (C=O) groups is 1. The van der Waals surface area contributed by atoms with E-state index >= 15 is 0 Å². The van der Waals surface area contributed by atoms with Gasteiger partial charge in [-0.3, -0.25) is 9.80 Å². The van der Waals surface area contributed by atoms with Crippen LogP contribution in [-0.2, 0) is 4.79 Å². The molecule has 1 unspecified atom stereocenters. The van der Waals surface area contributed by atoms with Gasteiger partial charge in [0.15, 0.2) is 0 Å². The molecule has 23 heavy (non-hydrogen) atoms. The quantitative estimate of drug-likeness (QED) is 0.725. The first kappa shape index (κ1) is 14.5. The average Bonchev–Trinajstić information content (AvgIpc) is 2.53. The van der Waals surface area contributed by atoms with Crippen molar-refractivity contribution in [2.45, 2.75) is 82.8 Å². The largest absolute Gasteiger partial charge is 0.271 e. The molecule has 0 spiro atoms. The molecule has 0 radical (unpaired) electrons. The van der Waals surface area contributed by atoms with Crippen LogP contribution in [0.2, 0.25) is 0 Å². The summed E-state index contributed by atoms with van der Waals surface area (Å²) < 4.78 is 0. The molecule has 4 bridgehead atoms. The molecule has 0 aromatic rings. The SMILES string of the molecule is CC1(C)C(=O)N(C2C3CC4CC(C3)CC2C4)N1C1C=CCCC1. The molecule has 6 aliphatic rings. The highest BCUT2D eigenvalue weighted by atomic mass is 16.2. The van der Waals surface area contributed by atoms with E-state index in [1.54, 1.807) is 0 Å². The summed E-state index contributed by atoms with van der Waals surface area (Å²) in [5, 5.41) is 4.73. The first-order valence-corrected chi connectivity index (χ1v) is 9.85. The number of hydrogen-bond acceptors (Lipinski definition) is 2. The van der Waals surface area contributed by atoms with Gasteiger partial charge in [-0.1, -0.05) is 12.2 Å². The Morgan fingerprint density at radius 1 is 1.04 bits per heavy atom. The van der Waals surface area contributed by atoms with Crippen LogP contribution in [-0.4, -0.2) is 33.5 Å². The lowest BCUT2D eigenvalue weighted by Gasteiger charge is -2.66. The predicted molar refractivity (Wildman–Crippen MR) is 90.4 cm³/mol.